The summed E-state index contributed by atoms with van der Waals surface area (Å²) in [4.78, 5) is 0. The first-order valence-corrected chi connectivity index (χ1v) is 7.85. The van der Waals surface area contributed by atoms with Gasteiger partial charge < -0.3 is 0 Å². The Hall–Kier alpha value is -1.65. The second-order valence-electron chi connectivity index (χ2n) is 5.32. The summed E-state index contributed by atoms with van der Waals surface area (Å²) in [6, 6.07) is 10.8. The van der Waals surface area contributed by atoms with Gasteiger partial charge in [0.25, 0.3) is 0 Å². The highest BCUT2D eigenvalue weighted by atomic mass is 15.3. The molecular weight excluding hydrogens is 260 g/mol. The fourth-order valence-corrected chi connectivity index (χ4v) is 2.66. The van der Waals surface area contributed by atoms with Gasteiger partial charge in [-0.05, 0) is 37.0 Å². The summed E-state index contributed by atoms with van der Waals surface area (Å²) in [5, 5.41) is 4.61. The van der Waals surface area contributed by atoms with Gasteiger partial charge in [0.05, 0.1) is 17.4 Å². The van der Waals surface area contributed by atoms with E-state index in [9.17, 15) is 0 Å². The van der Waals surface area contributed by atoms with E-state index in [0.29, 0.717) is 0 Å². The lowest BCUT2D eigenvalue weighted by Gasteiger charge is -2.18. The highest BCUT2D eigenvalue weighted by molar-refractivity contribution is 5.31. The second-order valence-corrected chi connectivity index (χ2v) is 5.32. The zero-order valence-electron chi connectivity index (χ0n) is 13.3. The molecule has 0 fully saturated rings. The van der Waals surface area contributed by atoms with E-state index >= 15 is 0 Å². The predicted molar refractivity (Wildman–Crippen MR) is 86.9 cm³/mol. The van der Waals surface area contributed by atoms with Crippen LogP contribution < -0.4 is 11.3 Å². The number of aromatic nitrogens is 2. The molecule has 0 aliphatic rings. The van der Waals surface area contributed by atoms with Crippen LogP contribution in [0.4, 0.5) is 0 Å². The maximum atomic E-state index is 5.82. The van der Waals surface area contributed by atoms with Gasteiger partial charge >= 0.3 is 0 Å². The predicted octanol–water partition coefficient (Wildman–Crippen LogP) is 2.97. The van der Waals surface area contributed by atoms with Crippen molar-refractivity contribution in [2.75, 3.05) is 0 Å². The fraction of sp³-hybridized carbons (Fsp3) is 0.471. The molecule has 1 atom stereocenters. The number of nitrogens with two attached hydrogens (primary N) is 1. The van der Waals surface area contributed by atoms with Crippen LogP contribution in [-0.4, -0.2) is 9.78 Å². The van der Waals surface area contributed by atoms with Crippen molar-refractivity contribution in [3.63, 3.8) is 0 Å². The smallest absolute Gasteiger partial charge is 0.0878 e. The molecule has 0 saturated heterocycles. The maximum Gasteiger partial charge on any atom is 0.0878 e. The third-order valence-electron chi connectivity index (χ3n) is 3.84. The molecule has 4 heteroatoms. The normalized spacial score (nSPS) is 12.6. The number of hydrogen-bond acceptors (Lipinski definition) is 3. The van der Waals surface area contributed by atoms with Crippen LogP contribution in [0.5, 0.6) is 0 Å². The van der Waals surface area contributed by atoms with Gasteiger partial charge in [0.1, 0.15) is 0 Å². The van der Waals surface area contributed by atoms with Crippen LogP contribution >= 0.6 is 0 Å². The number of nitrogens with one attached hydrogen (secondary N) is 1. The van der Waals surface area contributed by atoms with Crippen molar-refractivity contribution in [3.05, 3.63) is 52.8 Å². The summed E-state index contributed by atoms with van der Waals surface area (Å²) < 4.78 is 2.03. The molecule has 114 valence electrons. The zero-order valence-corrected chi connectivity index (χ0v) is 13.3. The second kappa shape index (κ2) is 7.38. The van der Waals surface area contributed by atoms with Gasteiger partial charge in [-0.1, -0.05) is 44.5 Å². The van der Waals surface area contributed by atoms with Crippen molar-refractivity contribution in [2.45, 2.75) is 52.6 Å². The van der Waals surface area contributed by atoms with Crippen LogP contribution in [-0.2, 0) is 19.4 Å². The highest BCUT2D eigenvalue weighted by Crippen LogP contribution is 2.23. The molecule has 0 radical (unpaired) electrons. The number of nitrogens with zero attached hydrogens (tertiary/aromatic N) is 2. The van der Waals surface area contributed by atoms with E-state index in [0.717, 1.165) is 30.8 Å². The summed E-state index contributed by atoms with van der Waals surface area (Å²) in [6.45, 7) is 7.27. The Morgan fingerprint density at radius 1 is 1.19 bits per heavy atom. The molecule has 2 rings (SSSR count). The molecule has 1 aromatic heterocycles. The van der Waals surface area contributed by atoms with Crippen LogP contribution in [0.25, 0.3) is 0 Å². The standard InChI is InChI=1S/C17H26N4/c1-4-7-13-8-10-14(11-9-13)17(19-18)16-12-15(5-2)20-21(16)6-3/h8-12,17,19H,4-7,18H2,1-3H3. The Bertz CT molecular complexity index is 557. The van der Waals surface area contributed by atoms with E-state index in [1.165, 1.54) is 17.5 Å². The van der Waals surface area contributed by atoms with Crippen LogP contribution in [0, 0.1) is 0 Å². The van der Waals surface area contributed by atoms with Crippen molar-refractivity contribution in [1.29, 1.82) is 0 Å². The van der Waals surface area contributed by atoms with Crippen molar-refractivity contribution in [1.82, 2.24) is 15.2 Å². The van der Waals surface area contributed by atoms with E-state index in [-0.39, 0.29) is 6.04 Å². The lowest BCUT2D eigenvalue weighted by molar-refractivity contribution is 0.541. The minimum atomic E-state index is -0.0200. The van der Waals surface area contributed by atoms with E-state index in [4.69, 9.17) is 5.84 Å². The first-order valence-electron chi connectivity index (χ1n) is 7.85. The molecule has 0 aliphatic heterocycles. The number of rotatable bonds is 7. The van der Waals surface area contributed by atoms with Gasteiger partial charge in [0.15, 0.2) is 0 Å². The fourth-order valence-electron chi connectivity index (χ4n) is 2.66. The topological polar surface area (TPSA) is 55.9 Å². The van der Waals surface area contributed by atoms with Crippen LogP contribution in [0.1, 0.15) is 55.7 Å². The molecule has 0 amide bonds. The van der Waals surface area contributed by atoms with Gasteiger partial charge in [0, 0.05) is 6.54 Å². The average Bonchev–Trinajstić information content (AvgIpc) is 2.93. The minimum Gasteiger partial charge on any atom is -0.271 e. The van der Waals surface area contributed by atoms with E-state index in [2.05, 4.69) is 61.6 Å². The molecule has 0 bridgehead atoms. The molecule has 0 saturated carbocycles. The highest BCUT2D eigenvalue weighted by Gasteiger charge is 2.18. The third kappa shape index (κ3) is 3.52. The number of hydrazine groups is 1. The molecule has 3 N–H and O–H groups in total. The SMILES string of the molecule is CCCc1ccc(C(NN)c2cc(CC)nn2CC)cc1. The summed E-state index contributed by atoms with van der Waals surface area (Å²) in [7, 11) is 0. The molecule has 21 heavy (non-hydrogen) atoms. The Morgan fingerprint density at radius 2 is 1.90 bits per heavy atom. The Kier molecular flexibility index (Phi) is 5.53. The third-order valence-corrected chi connectivity index (χ3v) is 3.84. The summed E-state index contributed by atoms with van der Waals surface area (Å²) in [5.74, 6) is 5.82. The monoisotopic (exact) mass is 286 g/mol. The molecular formula is C17H26N4. The summed E-state index contributed by atoms with van der Waals surface area (Å²) >= 11 is 0. The molecule has 1 heterocycles. The van der Waals surface area contributed by atoms with E-state index in [1.807, 2.05) is 4.68 Å². The zero-order chi connectivity index (χ0) is 15.2. The van der Waals surface area contributed by atoms with Crippen molar-refractivity contribution in [3.8, 4) is 0 Å². The average molecular weight is 286 g/mol. The van der Waals surface area contributed by atoms with Gasteiger partial charge in [-0.3, -0.25) is 10.5 Å². The number of aryl methyl sites for hydroxylation is 3. The van der Waals surface area contributed by atoms with Crippen LogP contribution in [0.3, 0.4) is 0 Å². The molecule has 0 aliphatic carbocycles. The van der Waals surface area contributed by atoms with Gasteiger partial charge in [-0.15, -0.1) is 0 Å². The van der Waals surface area contributed by atoms with Crippen molar-refractivity contribution in [2.24, 2.45) is 5.84 Å². The van der Waals surface area contributed by atoms with E-state index in [1.54, 1.807) is 0 Å². The lowest BCUT2D eigenvalue weighted by Crippen LogP contribution is -2.30. The molecule has 1 unspecified atom stereocenters. The number of hydrogen-bond donors (Lipinski definition) is 2. The van der Waals surface area contributed by atoms with Gasteiger partial charge in [-0.25, -0.2) is 5.43 Å². The maximum absolute atomic E-state index is 5.82. The minimum absolute atomic E-state index is 0.0200. The number of benzene rings is 1. The lowest BCUT2D eigenvalue weighted by atomic mass is 10.0. The quantitative estimate of drug-likeness (QED) is 0.608. The van der Waals surface area contributed by atoms with Crippen LogP contribution in [0.15, 0.2) is 30.3 Å². The molecule has 0 spiro atoms. The Labute approximate surface area is 127 Å². The molecule has 4 nitrogen and oxygen atoms in total. The molecule has 2 aromatic rings. The van der Waals surface area contributed by atoms with Gasteiger partial charge in [-0.2, -0.15) is 5.10 Å². The largest absolute Gasteiger partial charge is 0.271 e. The Balaban J connectivity index is 2.32. The summed E-state index contributed by atoms with van der Waals surface area (Å²) in [5.41, 5.74) is 7.71. The Morgan fingerprint density at radius 3 is 2.43 bits per heavy atom. The molecule has 1 aromatic carbocycles. The van der Waals surface area contributed by atoms with Crippen molar-refractivity contribution >= 4 is 0 Å². The van der Waals surface area contributed by atoms with Crippen molar-refractivity contribution < 1.29 is 0 Å². The first kappa shape index (κ1) is 15.7. The van der Waals surface area contributed by atoms with E-state index < -0.39 is 0 Å². The summed E-state index contributed by atoms with van der Waals surface area (Å²) in [6.07, 6.45) is 3.22. The first-order chi connectivity index (χ1) is 10.2. The van der Waals surface area contributed by atoms with Gasteiger partial charge in [0.2, 0.25) is 0 Å². The van der Waals surface area contributed by atoms with Crippen LogP contribution in [0.2, 0.25) is 0 Å².